The molecule has 0 unspecified atom stereocenters. The highest BCUT2D eigenvalue weighted by Gasteiger charge is 2.20. The van der Waals surface area contributed by atoms with E-state index in [0.717, 1.165) is 30.5 Å². The molecule has 0 saturated carbocycles. The van der Waals surface area contributed by atoms with Crippen LogP contribution in [0.3, 0.4) is 0 Å². The summed E-state index contributed by atoms with van der Waals surface area (Å²) in [5.41, 5.74) is 1.74. The average molecular weight is 427 g/mol. The van der Waals surface area contributed by atoms with Gasteiger partial charge in [0, 0.05) is 43.1 Å². The molecule has 0 fully saturated rings. The maximum Gasteiger partial charge on any atom is 0.284 e. The van der Waals surface area contributed by atoms with E-state index >= 15 is 0 Å². The summed E-state index contributed by atoms with van der Waals surface area (Å²) in [5, 5.41) is 22.5. The number of anilines is 2. The minimum Gasteiger partial charge on any atom is -0.372 e. The van der Waals surface area contributed by atoms with Crippen LogP contribution in [-0.2, 0) is 7.05 Å². The van der Waals surface area contributed by atoms with Crippen LogP contribution in [0.25, 0.3) is 0 Å². The molecule has 3 aromatic rings. The molecule has 156 valence electrons. The van der Waals surface area contributed by atoms with Crippen molar-refractivity contribution in [2.45, 2.75) is 23.9 Å². The van der Waals surface area contributed by atoms with Crippen molar-refractivity contribution in [1.29, 1.82) is 0 Å². The maximum atomic E-state index is 12.6. The summed E-state index contributed by atoms with van der Waals surface area (Å²) in [6, 6.07) is 11.9. The molecule has 1 heterocycles. The van der Waals surface area contributed by atoms with Gasteiger partial charge < -0.3 is 14.8 Å². The van der Waals surface area contributed by atoms with Crippen molar-refractivity contribution in [3.63, 3.8) is 0 Å². The number of carbonyl (C=O) groups is 1. The topological polar surface area (TPSA) is 106 Å². The highest BCUT2D eigenvalue weighted by Crippen LogP contribution is 2.34. The lowest BCUT2D eigenvalue weighted by Gasteiger charge is -2.21. The van der Waals surface area contributed by atoms with Gasteiger partial charge in [0.2, 0.25) is 0 Å². The third kappa shape index (κ3) is 4.77. The smallest absolute Gasteiger partial charge is 0.284 e. The Hall–Kier alpha value is -3.40. The predicted molar refractivity (Wildman–Crippen MR) is 116 cm³/mol. The third-order valence-corrected chi connectivity index (χ3v) is 5.66. The molecule has 0 saturated heterocycles. The van der Waals surface area contributed by atoms with Gasteiger partial charge in [0.1, 0.15) is 6.33 Å². The summed E-state index contributed by atoms with van der Waals surface area (Å²) in [6.07, 6.45) is 1.52. The summed E-state index contributed by atoms with van der Waals surface area (Å²) < 4.78 is 1.66. The molecule has 30 heavy (non-hydrogen) atoms. The average Bonchev–Trinajstić information content (AvgIpc) is 3.14. The molecule has 0 atom stereocenters. The van der Waals surface area contributed by atoms with Gasteiger partial charge in [-0.25, -0.2) is 0 Å². The largest absolute Gasteiger partial charge is 0.372 e. The minimum atomic E-state index is -0.506. The number of hydrogen-bond acceptors (Lipinski definition) is 7. The SMILES string of the molecule is CCN(CC)c1ccc(NC(=O)c2ccc(Sc3nncn3C)c([N+](=O)[O-])c2)cc1. The molecular weight excluding hydrogens is 404 g/mol. The van der Waals surface area contributed by atoms with Gasteiger partial charge in [-0.3, -0.25) is 14.9 Å². The molecule has 1 N–H and O–H groups in total. The zero-order chi connectivity index (χ0) is 21.7. The molecule has 3 rings (SSSR count). The number of carbonyl (C=O) groups excluding carboxylic acids is 1. The summed E-state index contributed by atoms with van der Waals surface area (Å²) in [5.74, 6) is -0.413. The fourth-order valence-electron chi connectivity index (χ4n) is 2.90. The van der Waals surface area contributed by atoms with Gasteiger partial charge in [-0.1, -0.05) is 0 Å². The van der Waals surface area contributed by atoms with Crippen molar-refractivity contribution in [2.24, 2.45) is 7.05 Å². The van der Waals surface area contributed by atoms with Gasteiger partial charge in [-0.15, -0.1) is 10.2 Å². The fourth-order valence-corrected chi connectivity index (χ4v) is 3.75. The first-order valence-corrected chi connectivity index (χ1v) is 10.2. The van der Waals surface area contributed by atoms with Crippen LogP contribution in [-0.4, -0.2) is 38.7 Å². The zero-order valence-electron chi connectivity index (χ0n) is 16.9. The minimum absolute atomic E-state index is 0.160. The summed E-state index contributed by atoms with van der Waals surface area (Å²) >= 11 is 1.12. The normalized spacial score (nSPS) is 10.6. The number of aromatic nitrogens is 3. The van der Waals surface area contributed by atoms with Crippen molar-refractivity contribution < 1.29 is 9.72 Å². The van der Waals surface area contributed by atoms with Crippen LogP contribution in [0, 0.1) is 10.1 Å². The Morgan fingerprint density at radius 2 is 1.90 bits per heavy atom. The van der Waals surface area contributed by atoms with Gasteiger partial charge in [-0.05, 0) is 62.0 Å². The van der Waals surface area contributed by atoms with Crippen molar-refractivity contribution in [2.75, 3.05) is 23.3 Å². The molecule has 0 bridgehead atoms. The van der Waals surface area contributed by atoms with Crippen LogP contribution >= 0.6 is 11.8 Å². The molecule has 0 aliphatic rings. The Labute approximate surface area is 178 Å². The number of nitrogens with one attached hydrogen (secondary N) is 1. The number of rotatable bonds is 8. The van der Waals surface area contributed by atoms with E-state index < -0.39 is 10.8 Å². The molecule has 0 spiro atoms. The van der Waals surface area contributed by atoms with Crippen LogP contribution < -0.4 is 10.2 Å². The van der Waals surface area contributed by atoms with E-state index in [2.05, 4.69) is 34.3 Å². The van der Waals surface area contributed by atoms with E-state index in [4.69, 9.17) is 0 Å². The highest BCUT2D eigenvalue weighted by molar-refractivity contribution is 7.99. The predicted octanol–water partition coefficient (Wildman–Crippen LogP) is 3.97. The van der Waals surface area contributed by atoms with Crippen molar-refractivity contribution in [3.8, 4) is 0 Å². The summed E-state index contributed by atoms with van der Waals surface area (Å²) in [7, 11) is 1.75. The highest BCUT2D eigenvalue weighted by atomic mass is 32.2. The first-order chi connectivity index (χ1) is 14.4. The van der Waals surface area contributed by atoms with Crippen LogP contribution in [0.4, 0.5) is 17.1 Å². The molecular formula is C20H22N6O3S. The molecule has 0 radical (unpaired) electrons. The van der Waals surface area contributed by atoms with E-state index in [-0.39, 0.29) is 11.3 Å². The van der Waals surface area contributed by atoms with Gasteiger partial charge in [0.05, 0.1) is 9.82 Å². The number of amides is 1. The first-order valence-electron chi connectivity index (χ1n) is 9.39. The van der Waals surface area contributed by atoms with Gasteiger partial charge in [-0.2, -0.15) is 0 Å². The Morgan fingerprint density at radius 1 is 1.20 bits per heavy atom. The first kappa shape index (κ1) is 21.3. The molecule has 9 nitrogen and oxygen atoms in total. The Bertz CT molecular complexity index is 1050. The molecule has 0 aliphatic heterocycles. The summed E-state index contributed by atoms with van der Waals surface area (Å²) in [4.78, 5) is 26.2. The standard InChI is InChI=1S/C20H22N6O3S/c1-4-25(5-2)16-9-7-15(8-10-16)22-19(27)14-6-11-18(17(12-14)26(28)29)30-20-23-21-13-24(20)3/h6-13H,4-5H2,1-3H3,(H,22,27). The van der Waals surface area contributed by atoms with Gasteiger partial charge >= 0.3 is 0 Å². The monoisotopic (exact) mass is 426 g/mol. The van der Waals surface area contributed by atoms with E-state index in [9.17, 15) is 14.9 Å². The molecule has 2 aromatic carbocycles. The molecule has 1 amide bonds. The van der Waals surface area contributed by atoms with Gasteiger partial charge in [0.25, 0.3) is 11.6 Å². The van der Waals surface area contributed by atoms with E-state index in [1.807, 2.05) is 24.3 Å². The molecule has 0 aliphatic carbocycles. The number of nitro benzene ring substituents is 1. The molecule has 10 heteroatoms. The van der Waals surface area contributed by atoms with E-state index in [0.29, 0.717) is 15.7 Å². The van der Waals surface area contributed by atoms with E-state index in [1.165, 1.54) is 12.4 Å². The lowest BCUT2D eigenvalue weighted by Crippen LogP contribution is -2.21. The second-order valence-electron chi connectivity index (χ2n) is 6.44. The third-order valence-electron chi connectivity index (χ3n) is 4.54. The second-order valence-corrected chi connectivity index (χ2v) is 7.45. The Kier molecular flexibility index (Phi) is 6.68. The number of nitro groups is 1. The van der Waals surface area contributed by atoms with Crippen LogP contribution in [0.5, 0.6) is 0 Å². The summed E-state index contributed by atoms with van der Waals surface area (Å²) in [6.45, 7) is 5.95. The van der Waals surface area contributed by atoms with Crippen LogP contribution in [0.1, 0.15) is 24.2 Å². The number of nitrogens with zero attached hydrogens (tertiary/aromatic N) is 5. The zero-order valence-corrected chi connectivity index (χ0v) is 17.7. The van der Waals surface area contributed by atoms with Crippen molar-refractivity contribution in [1.82, 2.24) is 14.8 Å². The second kappa shape index (κ2) is 9.40. The quantitative estimate of drug-likeness (QED) is 0.429. The number of benzene rings is 2. The number of hydrogen-bond donors (Lipinski definition) is 1. The lowest BCUT2D eigenvalue weighted by atomic mass is 10.1. The van der Waals surface area contributed by atoms with Crippen LogP contribution in [0.15, 0.2) is 58.8 Å². The fraction of sp³-hybridized carbons (Fsp3) is 0.250. The van der Waals surface area contributed by atoms with Gasteiger partial charge in [0.15, 0.2) is 5.16 Å². The maximum absolute atomic E-state index is 12.6. The number of aryl methyl sites for hydroxylation is 1. The van der Waals surface area contributed by atoms with Crippen molar-refractivity contribution >= 4 is 34.7 Å². The Balaban J connectivity index is 1.78. The van der Waals surface area contributed by atoms with Crippen molar-refractivity contribution in [3.05, 3.63) is 64.5 Å². The van der Waals surface area contributed by atoms with Crippen LogP contribution in [0.2, 0.25) is 0 Å². The molecule has 1 aromatic heterocycles. The van der Waals surface area contributed by atoms with E-state index in [1.54, 1.807) is 23.7 Å². The Morgan fingerprint density at radius 3 is 2.47 bits per heavy atom. The lowest BCUT2D eigenvalue weighted by molar-refractivity contribution is -0.387.